The number of carbonyl (C=O) groups excluding carboxylic acids is 3. The normalized spacial score (nSPS) is 26.5. The SMILES string of the molecule is C=CCOC(=O)[C@@H]1[C@H]2C(=O)N(CCCCCO)C(C(=O)N(CC=C)c3ccc(N(CC)CC)cc3)C23CC[C@H]1O3. The van der Waals surface area contributed by atoms with Gasteiger partial charge in [-0.1, -0.05) is 18.7 Å². The van der Waals surface area contributed by atoms with Crippen LogP contribution < -0.4 is 9.80 Å². The van der Waals surface area contributed by atoms with E-state index in [2.05, 4.69) is 31.9 Å². The van der Waals surface area contributed by atoms with Crippen molar-refractivity contribution in [2.75, 3.05) is 49.2 Å². The molecule has 218 valence electrons. The summed E-state index contributed by atoms with van der Waals surface area (Å²) in [6, 6.07) is 6.98. The quantitative estimate of drug-likeness (QED) is 0.202. The van der Waals surface area contributed by atoms with E-state index in [1.165, 1.54) is 6.08 Å². The summed E-state index contributed by atoms with van der Waals surface area (Å²) in [7, 11) is 0. The molecule has 3 fully saturated rings. The van der Waals surface area contributed by atoms with Crippen molar-refractivity contribution >= 4 is 29.2 Å². The third-order valence-electron chi connectivity index (χ3n) is 8.57. The van der Waals surface area contributed by atoms with Crippen LogP contribution in [0, 0.1) is 11.8 Å². The first-order chi connectivity index (χ1) is 19.4. The molecule has 0 aliphatic carbocycles. The Kier molecular flexibility index (Phi) is 9.68. The van der Waals surface area contributed by atoms with Crippen LogP contribution >= 0.6 is 0 Å². The van der Waals surface area contributed by atoms with E-state index in [0.717, 1.165) is 25.2 Å². The predicted molar refractivity (Wildman–Crippen MR) is 154 cm³/mol. The third kappa shape index (κ3) is 5.29. The molecule has 2 bridgehead atoms. The van der Waals surface area contributed by atoms with Crippen molar-refractivity contribution in [1.82, 2.24) is 4.90 Å². The van der Waals surface area contributed by atoms with Gasteiger partial charge in [-0.05, 0) is 70.2 Å². The molecule has 0 radical (unpaired) electrons. The molecule has 0 aromatic heterocycles. The van der Waals surface area contributed by atoms with Crippen molar-refractivity contribution in [3.8, 4) is 0 Å². The van der Waals surface area contributed by atoms with Crippen molar-refractivity contribution < 1.29 is 29.0 Å². The lowest BCUT2D eigenvalue weighted by molar-refractivity contribution is -0.154. The second kappa shape index (κ2) is 13.0. The lowest BCUT2D eigenvalue weighted by Crippen LogP contribution is -2.56. The number of rotatable bonds is 15. The van der Waals surface area contributed by atoms with Crippen LogP contribution in [0.3, 0.4) is 0 Å². The monoisotopic (exact) mass is 553 g/mol. The van der Waals surface area contributed by atoms with Gasteiger partial charge < -0.3 is 29.3 Å². The highest BCUT2D eigenvalue weighted by Crippen LogP contribution is 2.59. The van der Waals surface area contributed by atoms with Gasteiger partial charge in [0.25, 0.3) is 5.91 Å². The van der Waals surface area contributed by atoms with Gasteiger partial charge in [-0.15, -0.1) is 6.58 Å². The number of aliphatic hydroxyl groups is 1. The Hall–Kier alpha value is -3.17. The van der Waals surface area contributed by atoms with Gasteiger partial charge >= 0.3 is 5.97 Å². The smallest absolute Gasteiger partial charge is 0.312 e. The molecule has 3 saturated heterocycles. The molecule has 40 heavy (non-hydrogen) atoms. The average Bonchev–Trinajstić information content (AvgIpc) is 3.61. The summed E-state index contributed by atoms with van der Waals surface area (Å²) in [6.45, 7) is 14.2. The molecule has 1 spiro atoms. The number of nitrogens with zero attached hydrogens (tertiary/aromatic N) is 3. The molecule has 0 saturated carbocycles. The van der Waals surface area contributed by atoms with Gasteiger partial charge in [0.1, 0.15) is 18.2 Å². The Morgan fingerprint density at radius 1 is 1.12 bits per heavy atom. The topological polar surface area (TPSA) is 99.6 Å². The number of anilines is 2. The zero-order valence-corrected chi connectivity index (χ0v) is 23.8. The standard InChI is InChI=1S/C31H43N3O6/c1-5-18-33(23-14-12-22(13-15-23)32(7-3)8-4)29(37)27-31-17-16-24(40-31)25(30(38)39-21-6-2)26(31)28(36)34(27)19-10-9-11-20-35/h5-6,12-15,24-27,35H,1-2,7-11,16-21H2,3-4H3/t24-,25+,26+,27?,31?/m1/s1. The number of hydrogen-bond donors (Lipinski definition) is 1. The molecule has 5 atom stereocenters. The number of amides is 2. The molecule has 1 aromatic rings. The Bertz CT molecular complexity index is 1090. The Labute approximate surface area is 237 Å². The highest BCUT2D eigenvalue weighted by molar-refractivity contribution is 6.04. The summed E-state index contributed by atoms with van der Waals surface area (Å²) < 4.78 is 11.9. The first-order valence-corrected chi connectivity index (χ1v) is 14.5. The van der Waals surface area contributed by atoms with Crippen LogP contribution in [0.25, 0.3) is 0 Å². The number of likely N-dealkylation sites (tertiary alicyclic amines) is 1. The van der Waals surface area contributed by atoms with Gasteiger partial charge in [0.05, 0.1) is 17.9 Å². The van der Waals surface area contributed by atoms with E-state index in [-0.39, 0.29) is 31.6 Å². The molecule has 1 N–H and O–H groups in total. The average molecular weight is 554 g/mol. The van der Waals surface area contributed by atoms with E-state index in [0.29, 0.717) is 37.9 Å². The molecular weight excluding hydrogens is 510 g/mol. The molecule has 4 rings (SSSR count). The van der Waals surface area contributed by atoms with Crippen LogP contribution in [0.2, 0.25) is 0 Å². The maximum atomic E-state index is 14.5. The summed E-state index contributed by atoms with van der Waals surface area (Å²) in [5.41, 5.74) is 0.690. The lowest BCUT2D eigenvalue weighted by atomic mass is 9.70. The fourth-order valence-corrected chi connectivity index (χ4v) is 6.78. The first kappa shape index (κ1) is 29.8. The van der Waals surface area contributed by atoms with Crippen molar-refractivity contribution in [1.29, 1.82) is 0 Å². The van der Waals surface area contributed by atoms with E-state index in [4.69, 9.17) is 9.47 Å². The minimum atomic E-state index is -1.09. The van der Waals surface area contributed by atoms with Gasteiger partial charge in [0.2, 0.25) is 5.91 Å². The van der Waals surface area contributed by atoms with Crippen LogP contribution in [-0.4, -0.2) is 84.9 Å². The molecule has 3 aliphatic rings. The van der Waals surface area contributed by atoms with Crippen LogP contribution in [0.4, 0.5) is 11.4 Å². The van der Waals surface area contributed by atoms with Crippen LogP contribution in [-0.2, 0) is 23.9 Å². The van der Waals surface area contributed by atoms with Crippen LogP contribution in [0.5, 0.6) is 0 Å². The largest absolute Gasteiger partial charge is 0.461 e. The molecule has 9 heteroatoms. The van der Waals surface area contributed by atoms with E-state index >= 15 is 0 Å². The number of fused-ring (bicyclic) bond motifs is 1. The molecular formula is C31H43N3O6. The van der Waals surface area contributed by atoms with Gasteiger partial charge in [0, 0.05) is 44.2 Å². The Balaban J connectivity index is 1.69. The fraction of sp³-hybridized carbons (Fsp3) is 0.581. The minimum Gasteiger partial charge on any atom is -0.461 e. The second-order valence-corrected chi connectivity index (χ2v) is 10.7. The van der Waals surface area contributed by atoms with Crippen LogP contribution in [0.1, 0.15) is 46.0 Å². The zero-order valence-electron chi connectivity index (χ0n) is 23.8. The number of hydrogen-bond acceptors (Lipinski definition) is 7. The Morgan fingerprint density at radius 3 is 2.45 bits per heavy atom. The lowest BCUT2D eigenvalue weighted by Gasteiger charge is -2.37. The highest BCUT2D eigenvalue weighted by Gasteiger charge is 2.75. The summed E-state index contributed by atoms with van der Waals surface area (Å²) in [6.07, 6.45) is 5.79. The molecule has 3 heterocycles. The van der Waals surface area contributed by atoms with Crippen molar-refractivity contribution in [3.63, 3.8) is 0 Å². The molecule has 1 aromatic carbocycles. The van der Waals surface area contributed by atoms with Gasteiger partial charge in [-0.2, -0.15) is 0 Å². The summed E-state index contributed by atoms with van der Waals surface area (Å²) in [5, 5.41) is 9.24. The van der Waals surface area contributed by atoms with Crippen molar-refractivity contribution in [3.05, 3.63) is 49.6 Å². The number of carbonyl (C=O) groups is 3. The van der Waals surface area contributed by atoms with Crippen molar-refractivity contribution in [2.24, 2.45) is 11.8 Å². The molecule has 2 unspecified atom stereocenters. The van der Waals surface area contributed by atoms with Gasteiger partial charge in [0.15, 0.2) is 0 Å². The van der Waals surface area contributed by atoms with E-state index in [1.54, 1.807) is 15.9 Å². The summed E-state index contributed by atoms with van der Waals surface area (Å²) in [5.74, 6) is -2.48. The number of unbranched alkanes of at least 4 members (excludes halogenated alkanes) is 2. The number of ether oxygens (including phenoxy) is 2. The fourth-order valence-electron chi connectivity index (χ4n) is 6.78. The maximum absolute atomic E-state index is 14.5. The summed E-state index contributed by atoms with van der Waals surface area (Å²) >= 11 is 0. The first-order valence-electron chi connectivity index (χ1n) is 14.5. The van der Waals surface area contributed by atoms with Gasteiger partial charge in [-0.3, -0.25) is 14.4 Å². The van der Waals surface area contributed by atoms with E-state index in [1.807, 2.05) is 24.3 Å². The molecule has 9 nitrogen and oxygen atoms in total. The predicted octanol–water partition coefficient (Wildman–Crippen LogP) is 3.32. The third-order valence-corrected chi connectivity index (χ3v) is 8.57. The summed E-state index contributed by atoms with van der Waals surface area (Å²) in [4.78, 5) is 47.1. The molecule has 3 aliphatic heterocycles. The second-order valence-electron chi connectivity index (χ2n) is 10.7. The number of benzene rings is 1. The maximum Gasteiger partial charge on any atom is 0.312 e. The number of esters is 1. The molecule has 2 amide bonds. The van der Waals surface area contributed by atoms with Crippen LogP contribution in [0.15, 0.2) is 49.6 Å². The number of aliphatic hydroxyl groups excluding tert-OH is 1. The minimum absolute atomic E-state index is 0.0554. The highest BCUT2D eigenvalue weighted by atomic mass is 16.6. The van der Waals surface area contributed by atoms with E-state index < -0.39 is 35.6 Å². The van der Waals surface area contributed by atoms with Gasteiger partial charge in [-0.25, -0.2) is 0 Å². The van der Waals surface area contributed by atoms with Crippen molar-refractivity contribution in [2.45, 2.75) is 63.7 Å². The van der Waals surface area contributed by atoms with E-state index in [9.17, 15) is 19.5 Å². The zero-order chi connectivity index (χ0) is 28.9. The Morgan fingerprint density at radius 2 is 1.82 bits per heavy atom.